The Morgan fingerprint density at radius 1 is 1.38 bits per heavy atom. The molecule has 2 amide bonds. The lowest BCUT2D eigenvalue weighted by Gasteiger charge is -2.10. The fourth-order valence-electron chi connectivity index (χ4n) is 1.73. The highest BCUT2D eigenvalue weighted by molar-refractivity contribution is 8.18. The fourth-order valence-corrected chi connectivity index (χ4v) is 2.40. The number of nitrogens with one attached hydrogen (secondary N) is 1. The van der Waals surface area contributed by atoms with Crippen molar-refractivity contribution in [1.82, 2.24) is 5.32 Å². The third-order valence-electron chi connectivity index (χ3n) is 2.75. The van der Waals surface area contributed by atoms with Crippen LogP contribution in [-0.4, -0.2) is 31.4 Å². The van der Waals surface area contributed by atoms with Crippen LogP contribution in [-0.2, 0) is 4.79 Å². The van der Waals surface area contributed by atoms with Crippen LogP contribution >= 0.6 is 11.8 Å². The highest BCUT2D eigenvalue weighted by Crippen LogP contribution is 2.31. The molecular formula is C14H16N2O4S. The van der Waals surface area contributed by atoms with Gasteiger partial charge in [0.15, 0.2) is 0 Å². The standard InChI is InChI=1S/C14H16N2O4S/c1-19-10-3-4-11(20-6-2-5-15)9(7-10)8-12-13(17)16-14(18)21-12/h3-4,7-8H,2,5-6,15H2,1H3,(H,16,17,18)/b12-8-. The van der Waals surface area contributed by atoms with Gasteiger partial charge in [-0.2, -0.15) is 0 Å². The normalized spacial score (nSPS) is 16.2. The van der Waals surface area contributed by atoms with Gasteiger partial charge >= 0.3 is 0 Å². The van der Waals surface area contributed by atoms with Crippen LogP contribution < -0.4 is 20.5 Å². The van der Waals surface area contributed by atoms with Crippen molar-refractivity contribution in [2.24, 2.45) is 5.73 Å². The van der Waals surface area contributed by atoms with Gasteiger partial charge in [-0.3, -0.25) is 14.9 Å². The van der Waals surface area contributed by atoms with Gasteiger partial charge in [0.05, 0.1) is 18.6 Å². The lowest BCUT2D eigenvalue weighted by atomic mass is 10.1. The Morgan fingerprint density at radius 3 is 2.81 bits per heavy atom. The number of nitrogens with two attached hydrogens (primary N) is 1. The molecule has 0 bridgehead atoms. The molecule has 1 aromatic carbocycles. The number of methoxy groups -OCH3 is 1. The summed E-state index contributed by atoms with van der Waals surface area (Å²) in [6, 6.07) is 5.29. The van der Waals surface area contributed by atoms with E-state index in [9.17, 15) is 9.59 Å². The number of carbonyl (C=O) groups excluding carboxylic acids is 2. The molecular weight excluding hydrogens is 292 g/mol. The van der Waals surface area contributed by atoms with E-state index in [1.165, 1.54) is 0 Å². The minimum atomic E-state index is -0.402. The maximum atomic E-state index is 11.6. The number of ether oxygens (including phenoxy) is 2. The van der Waals surface area contributed by atoms with E-state index in [1.807, 2.05) is 0 Å². The second-order valence-electron chi connectivity index (χ2n) is 4.25. The van der Waals surface area contributed by atoms with Gasteiger partial charge in [0.1, 0.15) is 11.5 Å². The average Bonchev–Trinajstić information content (AvgIpc) is 2.78. The van der Waals surface area contributed by atoms with Gasteiger partial charge in [0.2, 0.25) is 0 Å². The van der Waals surface area contributed by atoms with Gasteiger partial charge in [-0.15, -0.1) is 0 Å². The Morgan fingerprint density at radius 2 is 2.19 bits per heavy atom. The van der Waals surface area contributed by atoms with E-state index in [0.29, 0.717) is 35.1 Å². The predicted octanol–water partition coefficient (Wildman–Crippen LogP) is 1.75. The van der Waals surface area contributed by atoms with Crippen LogP contribution in [0.5, 0.6) is 11.5 Å². The molecule has 112 valence electrons. The van der Waals surface area contributed by atoms with E-state index in [4.69, 9.17) is 15.2 Å². The van der Waals surface area contributed by atoms with Gasteiger partial charge in [0, 0.05) is 5.56 Å². The molecule has 3 N–H and O–H groups in total. The molecule has 0 atom stereocenters. The molecule has 1 aliphatic rings. The first-order chi connectivity index (χ1) is 10.1. The van der Waals surface area contributed by atoms with E-state index < -0.39 is 5.91 Å². The largest absolute Gasteiger partial charge is 0.497 e. The monoisotopic (exact) mass is 308 g/mol. The van der Waals surface area contributed by atoms with Crippen molar-refractivity contribution in [3.63, 3.8) is 0 Å². The van der Waals surface area contributed by atoms with Gasteiger partial charge in [0.25, 0.3) is 11.1 Å². The number of amides is 2. The zero-order valence-electron chi connectivity index (χ0n) is 11.5. The topological polar surface area (TPSA) is 90.7 Å². The summed E-state index contributed by atoms with van der Waals surface area (Å²) in [6.45, 7) is 1.02. The first-order valence-corrected chi connectivity index (χ1v) is 7.21. The minimum Gasteiger partial charge on any atom is -0.497 e. The summed E-state index contributed by atoms with van der Waals surface area (Å²) in [4.78, 5) is 23.1. The van der Waals surface area contributed by atoms with Crippen molar-refractivity contribution in [2.75, 3.05) is 20.3 Å². The van der Waals surface area contributed by atoms with Crippen LogP contribution in [0.25, 0.3) is 6.08 Å². The smallest absolute Gasteiger partial charge is 0.290 e. The van der Waals surface area contributed by atoms with E-state index >= 15 is 0 Å². The summed E-state index contributed by atoms with van der Waals surface area (Å²) in [6.07, 6.45) is 2.35. The molecule has 21 heavy (non-hydrogen) atoms. The van der Waals surface area contributed by atoms with Crippen molar-refractivity contribution < 1.29 is 19.1 Å². The molecule has 1 heterocycles. The molecule has 0 radical (unpaired) electrons. The fraction of sp³-hybridized carbons (Fsp3) is 0.286. The summed E-state index contributed by atoms with van der Waals surface area (Å²) < 4.78 is 10.8. The Hall–Kier alpha value is -1.99. The molecule has 7 heteroatoms. The highest BCUT2D eigenvalue weighted by atomic mass is 32.2. The number of hydrogen-bond acceptors (Lipinski definition) is 6. The molecule has 1 fully saturated rings. The van der Waals surface area contributed by atoms with Crippen molar-refractivity contribution in [3.8, 4) is 11.5 Å². The zero-order chi connectivity index (χ0) is 15.2. The number of thioether (sulfide) groups is 1. The van der Waals surface area contributed by atoms with Crippen LogP contribution in [0.2, 0.25) is 0 Å². The predicted molar refractivity (Wildman–Crippen MR) is 81.3 cm³/mol. The average molecular weight is 308 g/mol. The lowest BCUT2D eigenvalue weighted by Crippen LogP contribution is -2.17. The number of hydrogen-bond donors (Lipinski definition) is 2. The molecule has 1 aromatic rings. The number of carbonyl (C=O) groups is 2. The molecule has 1 saturated heterocycles. The van der Waals surface area contributed by atoms with Crippen LogP contribution in [0.4, 0.5) is 4.79 Å². The second-order valence-corrected chi connectivity index (χ2v) is 5.26. The number of rotatable bonds is 6. The van der Waals surface area contributed by atoms with Crippen molar-refractivity contribution in [1.29, 1.82) is 0 Å². The number of benzene rings is 1. The summed E-state index contributed by atoms with van der Waals surface area (Å²) in [7, 11) is 1.56. The molecule has 0 saturated carbocycles. The van der Waals surface area contributed by atoms with E-state index in [2.05, 4.69) is 5.32 Å². The van der Waals surface area contributed by atoms with E-state index in [0.717, 1.165) is 18.2 Å². The molecule has 1 aliphatic heterocycles. The van der Waals surface area contributed by atoms with Crippen LogP contribution in [0, 0.1) is 0 Å². The molecule has 0 aromatic heterocycles. The first-order valence-electron chi connectivity index (χ1n) is 6.40. The van der Waals surface area contributed by atoms with Crippen molar-refractivity contribution in [2.45, 2.75) is 6.42 Å². The van der Waals surface area contributed by atoms with Crippen LogP contribution in [0.15, 0.2) is 23.1 Å². The molecule has 2 rings (SSSR count). The lowest BCUT2D eigenvalue weighted by molar-refractivity contribution is -0.115. The Labute approximate surface area is 126 Å². The summed E-state index contributed by atoms with van der Waals surface area (Å²) >= 11 is 0.864. The molecule has 0 unspecified atom stereocenters. The van der Waals surface area contributed by atoms with Gasteiger partial charge in [-0.1, -0.05) is 0 Å². The van der Waals surface area contributed by atoms with E-state index in [-0.39, 0.29) is 5.24 Å². The Balaban J connectivity index is 2.28. The molecule has 0 spiro atoms. The highest BCUT2D eigenvalue weighted by Gasteiger charge is 2.25. The third kappa shape index (κ3) is 3.99. The maximum absolute atomic E-state index is 11.6. The summed E-state index contributed by atoms with van der Waals surface area (Å²) in [5.41, 5.74) is 6.12. The van der Waals surface area contributed by atoms with Crippen LogP contribution in [0.3, 0.4) is 0 Å². The summed E-state index contributed by atoms with van der Waals surface area (Å²) in [5, 5.41) is 1.84. The molecule has 0 aliphatic carbocycles. The van der Waals surface area contributed by atoms with Gasteiger partial charge < -0.3 is 15.2 Å². The SMILES string of the molecule is COc1ccc(OCCCN)c(/C=C2\SC(=O)NC2=O)c1. The van der Waals surface area contributed by atoms with E-state index in [1.54, 1.807) is 31.4 Å². The third-order valence-corrected chi connectivity index (χ3v) is 3.56. The summed E-state index contributed by atoms with van der Waals surface area (Å²) in [5.74, 6) is 0.855. The minimum absolute atomic E-state index is 0.330. The number of imide groups is 1. The zero-order valence-corrected chi connectivity index (χ0v) is 12.4. The maximum Gasteiger partial charge on any atom is 0.290 e. The Kier molecular flexibility index (Phi) is 5.24. The van der Waals surface area contributed by atoms with Crippen LogP contribution in [0.1, 0.15) is 12.0 Å². The molecule has 6 nitrogen and oxygen atoms in total. The second kappa shape index (κ2) is 7.14. The van der Waals surface area contributed by atoms with Gasteiger partial charge in [-0.25, -0.2) is 0 Å². The Bertz CT molecular complexity index is 586. The first kappa shape index (κ1) is 15.4. The quantitative estimate of drug-likeness (QED) is 0.614. The van der Waals surface area contributed by atoms with Crippen molar-refractivity contribution >= 4 is 29.0 Å². The van der Waals surface area contributed by atoms with Gasteiger partial charge in [-0.05, 0) is 49.0 Å². The van der Waals surface area contributed by atoms with Crippen molar-refractivity contribution in [3.05, 3.63) is 28.7 Å².